The number of halogens is 1. The number of aryl methyl sites for hydroxylation is 1. The van der Waals surface area contributed by atoms with E-state index in [-0.39, 0.29) is 36.2 Å². The van der Waals surface area contributed by atoms with Crippen LogP contribution in [0.4, 0.5) is 4.39 Å². The highest BCUT2D eigenvalue weighted by atomic mass is 19.1. The van der Waals surface area contributed by atoms with Gasteiger partial charge in [0.15, 0.2) is 0 Å². The molecule has 1 aromatic heterocycles. The zero-order chi connectivity index (χ0) is 23.5. The molecule has 1 heterocycles. The number of aliphatic hydroxyl groups excluding tert-OH is 1. The molecule has 0 saturated heterocycles. The first-order chi connectivity index (χ1) is 14.4. The lowest BCUT2D eigenvalue weighted by Crippen LogP contribution is -2.53. The van der Waals surface area contributed by atoms with Gasteiger partial charge in [-0.2, -0.15) is 0 Å². The van der Waals surface area contributed by atoms with Gasteiger partial charge in [0.1, 0.15) is 17.7 Å². The SMILES string of the molecule is COc1ccc(F)cc1C(O)Cn1cc(C)c(=O)n(CC(C)(C)NC(=O)C(C)C)c1=O. The van der Waals surface area contributed by atoms with Crippen molar-refractivity contribution in [2.24, 2.45) is 5.92 Å². The number of methoxy groups -OCH3 is 1. The third-order valence-electron chi connectivity index (χ3n) is 4.87. The van der Waals surface area contributed by atoms with Gasteiger partial charge < -0.3 is 15.2 Å². The molecule has 9 heteroatoms. The van der Waals surface area contributed by atoms with Crippen molar-refractivity contribution in [1.82, 2.24) is 14.5 Å². The number of hydrogen-bond donors (Lipinski definition) is 2. The Morgan fingerprint density at radius 2 is 1.94 bits per heavy atom. The van der Waals surface area contributed by atoms with Gasteiger partial charge in [0.2, 0.25) is 5.91 Å². The molecule has 0 saturated carbocycles. The molecule has 0 aliphatic heterocycles. The van der Waals surface area contributed by atoms with E-state index in [9.17, 15) is 23.9 Å². The highest BCUT2D eigenvalue weighted by Crippen LogP contribution is 2.26. The third-order valence-corrected chi connectivity index (χ3v) is 4.87. The van der Waals surface area contributed by atoms with Gasteiger partial charge in [-0.1, -0.05) is 13.8 Å². The molecule has 2 N–H and O–H groups in total. The lowest BCUT2D eigenvalue weighted by atomic mass is 10.0. The molecule has 31 heavy (non-hydrogen) atoms. The van der Waals surface area contributed by atoms with Crippen molar-refractivity contribution in [2.45, 2.75) is 59.4 Å². The summed E-state index contributed by atoms with van der Waals surface area (Å²) < 4.78 is 21.1. The summed E-state index contributed by atoms with van der Waals surface area (Å²) >= 11 is 0. The average molecular weight is 435 g/mol. The number of ether oxygens (including phenoxy) is 1. The number of rotatable bonds is 8. The van der Waals surface area contributed by atoms with Crippen molar-refractivity contribution in [3.8, 4) is 5.75 Å². The number of amides is 1. The fraction of sp³-hybridized carbons (Fsp3) is 0.500. The van der Waals surface area contributed by atoms with E-state index in [1.807, 2.05) is 0 Å². The summed E-state index contributed by atoms with van der Waals surface area (Å²) in [7, 11) is 1.40. The summed E-state index contributed by atoms with van der Waals surface area (Å²) in [6.45, 7) is 8.24. The average Bonchev–Trinajstić information content (AvgIpc) is 2.68. The third kappa shape index (κ3) is 5.81. The number of nitrogens with zero attached hydrogens (tertiary/aromatic N) is 2. The molecule has 0 spiro atoms. The topological polar surface area (TPSA) is 103 Å². The van der Waals surface area contributed by atoms with Crippen molar-refractivity contribution in [3.63, 3.8) is 0 Å². The number of aromatic nitrogens is 2. The number of carbonyl (C=O) groups excluding carboxylic acids is 1. The maximum absolute atomic E-state index is 13.7. The maximum atomic E-state index is 13.7. The standard InChI is InChI=1S/C22H30FN3O5/c1-13(2)19(28)24-22(4,5)12-26-20(29)14(3)10-25(21(26)30)11-17(27)16-9-15(23)7-8-18(16)31-6/h7-10,13,17,27H,11-12H2,1-6H3,(H,24,28). The Morgan fingerprint density at radius 3 is 2.52 bits per heavy atom. The van der Waals surface area contributed by atoms with Crippen LogP contribution in [0.5, 0.6) is 5.75 Å². The van der Waals surface area contributed by atoms with Crippen LogP contribution in [0.25, 0.3) is 0 Å². The molecule has 170 valence electrons. The second-order valence-corrected chi connectivity index (χ2v) is 8.57. The van der Waals surface area contributed by atoms with E-state index in [1.165, 1.54) is 30.0 Å². The predicted molar refractivity (Wildman–Crippen MR) is 115 cm³/mol. The quantitative estimate of drug-likeness (QED) is 0.658. The highest BCUT2D eigenvalue weighted by molar-refractivity contribution is 5.78. The molecule has 1 aromatic carbocycles. The van der Waals surface area contributed by atoms with Gasteiger partial charge in [-0.25, -0.2) is 9.18 Å². The predicted octanol–water partition coefficient (Wildman–Crippen LogP) is 1.75. The van der Waals surface area contributed by atoms with Crippen molar-refractivity contribution in [3.05, 3.63) is 62.2 Å². The first kappa shape index (κ1) is 24.3. The highest BCUT2D eigenvalue weighted by Gasteiger charge is 2.25. The normalized spacial score (nSPS) is 12.7. The van der Waals surface area contributed by atoms with Gasteiger partial charge in [-0.05, 0) is 39.0 Å². The van der Waals surface area contributed by atoms with Crippen LogP contribution in [0, 0.1) is 18.7 Å². The molecule has 2 rings (SSSR count). The van der Waals surface area contributed by atoms with E-state index >= 15 is 0 Å². The minimum absolute atomic E-state index is 0.0514. The van der Waals surface area contributed by atoms with Crippen LogP contribution in [0.2, 0.25) is 0 Å². The van der Waals surface area contributed by atoms with Crippen molar-refractivity contribution in [2.75, 3.05) is 7.11 Å². The summed E-state index contributed by atoms with van der Waals surface area (Å²) in [4.78, 5) is 37.8. The van der Waals surface area contributed by atoms with Crippen LogP contribution in [-0.2, 0) is 17.9 Å². The van der Waals surface area contributed by atoms with Gasteiger partial charge in [0.05, 0.1) is 25.7 Å². The van der Waals surface area contributed by atoms with E-state index in [0.717, 1.165) is 10.6 Å². The molecule has 1 unspecified atom stereocenters. The molecule has 0 bridgehead atoms. The second kappa shape index (κ2) is 9.47. The fourth-order valence-electron chi connectivity index (χ4n) is 3.23. The molecule has 0 radical (unpaired) electrons. The monoisotopic (exact) mass is 435 g/mol. The van der Waals surface area contributed by atoms with E-state index in [4.69, 9.17) is 4.74 Å². The van der Waals surface area contributed by atoms with Crippen LogP contribution < -0.4 is 21.3 Å². The van der Waals surface area contributed by atoms with Crippen molar-refractivity contribution < 1.29 is 19.0 Å². The number of aliphatic hydroxyl groups is 1. The zero-order valence-electron chi connectivity index (χ0n) is 18.7. The molecule has 1 amide bonds. The van der Waals surface area contributed by atoms with E-state index in [0.29, 0.717) is 5.56 Å². The van der Waals surface area contributed by atoms with Gasteiger partial charge in [0, 0.05) is 23.2 Å². The van der Waals surface area contributed by atoms with Crippen molar-refractivity contribution in [1.29, 1.82) is 0 Å². The Kier molecular flexibility index (Phi) is 7.43. The van der Waals surface area contributed by atoms with E-state index < -0.39 is 28.7 Å². The van der Waals surface area contributed by atoms with Gasteiger partial charge in [-0.3, -0.25) is 18.7 Å². The number of hydrogen-bond acceptors (Lipinski definition) is 5. The van der Waals surface area contributed by atoms with Crippen LogP contribution in [0.15, 0.2) is 34.0 Å². The van der Waals surface area contributed by atoms with Crippen LogP contribution in [0.3, 0.4) is 0 Å². The van der Waals surface area contributed by atoms with Crippen LogP contribution in [0.1, 0.15) is 44.9 Å². The molecule has 1 atom stereocenters. The summed E-state index contributed by atoms with van der Waals surface area (Å²) in [6.07, 6.45) is 0.109. The van der Waals surface area contributed by atoms with Crippen LogP contribution >= 0.6 is 0 Å². The minimum Gasteiger partial charge on any atom is -0.496 e. The molecule has 0 aliphatic rings. The Hall–Kier alpha value is -2.94. The zero-order valence-corrected chi connectivity index (χ0v) is 18.7. The maximum Gasteiger partial charge on any atom is 0.331 e. The largest absolute Gasteiger partial charge is 0.496 e. The lowest BCUT2D eigenvalue weighted by molar-refractivity contribution is -0.125. The van der Waals surface area contributed by atoms with Gasteiger partial charge >= 0.3 is 5.69 Å². The molecule has 0 aliphatic carbocycles. The lowest BCUT2D eigenvalue weighted by Gasteiger charge is -2.28. The van der Waals surface area contributed by atoms with Gasteiger partial charge in [-0.15, -0.1) is 0 Å². The fourth-order valence-corrected chi connectivity index (χ4v) is 3.23. The Morgan fingerprint density at radius 1 is 1.29 bits per heavy atom. The Labute approximate surface area is 180 Å². The molecular formula is C22H30FN3O5. The van der Waals surface area contributed by atoms with E-state index in [1.54, 1.807) is 34.6 Å². The molecule has 2 aromatic rings. The summed E-state index contributed by atoms with van der Waals surface area (Å²) in [5, 5.41) is 13.5. The first-order valence-corrected chi connectivity index (χ1v) is 10.0. The minimum atomic E-state index is -1.25. The summed E-state index contributed by atoms with van der Waals surface area (Å²) in [6, 6.07) is 3.74. The second-order valence-electron chi connectivity index (χ2n) is 8.57. The van der Waals surface area contributed by atoms with E-state index in [2.05, 4.69) is 5.32 Å². The number of benzene rings is 1. The smallest absolute Gasteiger partial charge is 0.331 e. The number of nitrogens with one attached hydrogen (secondary N) is 1. The molecule has 8 nitrogen and oxygen atoms in total. The van der Waals surface area contributed by atoms with Crippen LogP contribution in [-0.4, -0.2) is 32.8 Å². The number of carbonyl (C=O) groups is 1. The molecule has 0 fully saturated rings. The Bertz CT molecular complexity index is 1070. The molecular weight excluding hydrogens is 405 g/mol. The Balaban J connectivity index is 2.41. The van der Waals surface area contributed by atoms with Crippen molar-refractivity contribution >= 4 is 5.91 Å². The van der Waals surface area contributed by atoms with Gasteiger partial charge in [0.25, 0.3) is 5.56 Å². The summed E-state index contributed by atoms with van der Waals surface area (Å²) in [5.74, 6) is -0.711. The first-order valence-electron chi connectivity index (χ1n) is 10.0. The summed E-state index contributed by atoms with van der Waals surface area (Å²) in [5.41, 5.74) is -1.50.